The molecule has 1 unspecified atom stereocenters. The highest BCUT2D eigenvalue weighted by atomic mass is 32.2. The van der Waals surface area contributed by atoms with Gasteiger partial charge in [-0.2, -0.15) is 0 Å². The van der Waals surface area contributed by atoms with Crippen LogP contribution in [0.3, 0.4) is 0 Å². The molecule has 0 saturated carbocycles. The summed E-state index contributed by atoms with van der Waals surface area (Å²) in [5.41, 5.74) is 2.52. The summed E-state index contributed by atoms with van der Waals surface area (Å²) >= 11 is 3.58. The Morgan fingerprint density at radius 2 is 2.06 bits per heavy atom. The van der Waals surface area contributed by atoms with Crippen LogP contribution in [0.5, 0.6) is 0 Å². The minimum Gasteiger partial charge on any atom is -0.295 e. The van der Waals surface area contributed by atoms with E-state index in [4.69, 9.17) is 0 Å². The van der Waals surface area contributed by atoms with Crippen molar-refractivity contribution in [3.63, 3.8) is 0 Å². The Bertz CT molecular complexity index is 434. The molecular weight excluding hydrogens is 248 g/mol. The second kappa shape index (κ2) is 5.78. The van der Waals surface area contributed by atoms with Crippen molar-refractivity contribution in [1.82, 2.24) is 0 Å². The highest BCUT2D eigenvalue weighted by Gasteiger charge is 2.22. The molecule has 0 bridgehead atoms. The molecule has 1 heterocycles. The summed E-state index contributed by atoms with van der Waals surface area (Å²) in [6, 6.07) is 8.51. The van der Waals surface area contributed by atoms with Crippen LogP contribution in [0.25, 0.3) is 0 Å². The van der Waals surface area contributed by atoms with Gasteiger partial charge < -0.3 is 0 Å². The monoisotopic (exact) mass is 264 g/mol. The molecule has 0 radical (unpaired) electrons. The van der Waals surface area contributed by atoms with Crippen molar-refractivity contribution < 1.29 is 4.79 Å². The molecule has 0 spiro atoms. The van der Waals surface area contributed by atoms with Crippen LogP contribution >= 0.6 is 23.5 Å². The van der Waals surface area contributed by atoms with Gasteiger partial charge >= 0.3 is 0 Å². The summed E-state index contributed by atoms with van der Waals surface area (Å²) in [6.45, 7) is 4.20. The zero-order valence-electron chi connectivity index (χ0n) is 10.1. The molecule has 1 aromatic rings. The molecule has 0 saturated heterocycles. The van der Waals surface area contributed by atoms with Crippen LogP contribution in [0, 0.1) is 6.92 Å². The van der Waals surface area contributed by atoms with E-state index in [2.05, 4.69) is 38.1 Å². The zero-order valence-corrected chi connectivity index (χ0v) is 11.7. The summed E-state index contributed by atoms with van der Waals surface area (Å²) in [5, 5.41) is 0.294. The average molecular weight is 264 g/mol. The lowest BCUT2D eigenvalue weighted by molar-refractivity contribution is -0.114. The smallest absolute Gasteiger partial charge is 0.158 e. The fraction of sp³-hybridized carbons (Fsp3) is 0.357. The van der Waals surface area contributed by atoms with E-state index in [9.17, 15) is 4.79 Å². The summed E-state index contributed by atoms with van der Waals surface area (Å²) in [6.07, 6.45) is 2.42. The molecule has 1 atom stereocenters. The average Bonchev–Trinajstić information content (AvgIpc) is 2.29. The second-order valence-electron chi connectivity index (χ2n) is 4.08. The lowest BCUT2D eigenvalue weighted by atomic mass is 10.1. The van der Waals surface area contributed by atoms with E-state index in [1.54, 1.807) is 17.8 Å². The van der Waals surface area contributed by atoms with E-state index in [0.717, 1.165) is 9.99 Å². The van der Waals surface area contributed by atoms with E-state index in [-0.39, 0.29) is 5.78 Å². The van der Waals surface area contributed by atoms with Gasteiger partial charge in [0.15, 0.2) is 5.78 Å². The molecule has 1 aliphatic heterocycles. The van der Waals surface area contributed by atoms with Gasteiger partial charge in [-0.25, -0.2) is 0 Å². The van der Waals surface area contributed by atoms with Crippen LogP contribution in [0.4, 0.5) is 0 Å². The molecule has 17 heavy (non-hydrogen) atoms. The Morgan fingerprint density at radius 1 is 1.35 bits per heavy atom. The van der Waals surface area contributed by atoms with Gasteiger partial charge in [-0.3, -0.25) is 4.79 Å². The topological polar surface area (TPSA) is 17.1 Å². The molecule has 0 amide bonds. The van der Waals surface area contributed by atoms with Crippen molar-refractivity contribution in [2.24, 2.45) is 0 Å². The van der Waals surface area contributed by atoms with E-state index in [0.29, 0.717) is 11.7 Å². The maximum atomic E-state index is 11.7. The van der Waals surface area contributed by atoms with Crippen molar-refractivity contribution in [2.75, 3.05) is 5.75 Å². The highest BCUT2D eigenvalue weighted by molar-refractivity contribution is 8.22. The first-order valence-electron chi connectivity index (χ1n) is 5.79. The van der Waals surface area contributed by atoms with Crippen molar-refractivity contribution in [1.29, 1.82) is 0 Å². The van der Waals surface area contributed by atoms with E-state index < -0.39 is 0 Å². The fourth-order valence-electron chi connectivity index (χ4n) is 1.77. The Labute approximate surface area is 111 Å². The number of carbonyl (C=O) groups is 1. The predicted octanol–water partition coefficient (Wildman–Crippen LogP) is 4.34. The Hall–Kier alpha value is -0.670. The Balaban J connectivity index is 2.15. The predicted molar refractivity (Wildman–Crippen MR) is 77.4 cm³/mol. The summed E-state index contributed by atoms with van der Waals surface area (Å²) in [5.74, 6) is 1.28. The zero-order chi connectivity index (χ0) is 12.3. The van der Waals surface area contributed by atoms with E-state index in [1.165, 1.54) is 11.1 Å². The van der Waals surface area contributed by atoms with Gasteiger partial charge in [0.2, 0.25) is 0 Å². The van der Waals surface area contributed by atoms with Gasteiger partial charge in [-0.15, -0.1) is 23.5 Å². The van der Waals surface area contributed by atoms with Gasteiger partial charge in [-0.1, -0.05) is 36.8 Å². The largest absolute Gasteiger partial charge is 0.295 e. The lowest BCUT2D eigenvalue weighted by Gasteiger charge is -2.21. The normalized spacial score (nSPS) is 20.2. The minimum atomic E-state index is 0.255. The van der Waals surface area contributed by atoms with Crippen LogP contribution in [0.1, 0.15) is 29.7 Å². The van der Waals surface area contributed by atoms with Crippen molar-refractivity contribution in [3.8, 4) is 0 Å². The summed E-state index contributed by atoms with van der Waals surface area (Å²) in [7, 11) is 0. The van der Waals surface area contributed by atoms with Crippen LogP contribution in [0.15, 0.2) is 34.6 Å². The van der Waals surface area contributed by atoms with E-state index in [1.807, 2.05) is 11.8 Å². The fourth-order valence-corrected chi connectivity index (χ4v) is 4.27. The first-order chi connectivity index (χ1) is 8.19. The van der Waals surface area contributed by atoms with Crippen molar-refractivity contribution in [2.45, 2.75) is 25.5 Å². The third kappa shape index (κ3) is 3.39. The number of carbonyl (C=O) groups excluding carboxylic acids is 1. The van der Waals surface area contributed by atoms with Crippen LogP contribution in [-0.2, 0) is 4.79 Å². The molecule has 3 heteroatoms. The molecule has 1 aliphatic rings. The molecule has 2 rings (SSSR count). The summed E-state index contributed by atoms with van der Waals surface area (Å²) in [4.78, 5) is 11.7. The number of allylic oxidation sites excluding steroid dienone is 1. The van der Waals surface area contributed by atoms with Gasteiger partial charge in [0, 0.05) is 22.0 Å². The molecule has 0 aliphatic carbocycles. The Kier molecular flexibility index (Phi) is 4.35. The molecule has 0 fully saturated rings. The number of thioether (sulfide) groups is 2. The third-order valence-electron chi connectivity index (χ3n) is 2.66. The SMILES string of the molecule is CCSC1=CC(=O)CC(c2ccc(C)cc2)S1. The first-order valence-corrected chi connectivity index (χ1v) is 7.66. The third-order valence-corrected chi connectivity index (χ3v) is 5.07. The van der Waals surface area contributed by atoms with Gasteiger partial charge in [0.1, 0.15) is 0 Å². The molecule has 1 aromatic carbocycles. The Morgan fingerprint density at radius 3 is 2.71 bits per heavy atom. The van der Waals surface area contributed by atoms with Gasteiger partial charge in [0.05, 0.1) is 0 Å². The molecule has 0 aromatic heterocycles. The minimum absolute atomic E-state index is 0.255. The second-order valence-corrected chi connectivity index (χ2v) is 6.89. The number of hydrogen-bond donors (Lipinski definition) is 0. The molecule has 0 N–H and O–H groups in total. The van der Waals surface area contributed by atoms with Crippen molar-refractivity contribution >= 4 is 29.3 Å². The van der Waals surface area contributed by atoms with Gasteiger partial charge in [-0.05, 0) is 18.2 Å². The van der Waals surface area contributed by atoms with Crippen LogP contribution in [-0.4, -0.2) is 11.5 Å². The maximum Gasteiger partial charge on any atom is 0.158 e. The molecule has 90 valence electrons. The quantitative estimate of drug-likeness (QED) is 0.808. The molecule has 1 nitrogen and oxygen atoms in total. The van der Waals surface area contributed by atoms with Gasteiger partial charge in [0.25, 0.3) is 0 Å². The van der Waals surface area contributed by atoms with Crippen LogP contribution in [0.2, 0.25) is 0 Å². The van der Waals surface area contributed by atoms with Crippen molar-refractivity contribution in [3.05, 3.63) is 45.7 Å². The maximum absolute atomic E-state index is 11.7. The number of hydrogen-bond acceptors (Lipinski definition) is 3. The number of benzene rings is 1. The van der Waals surface area contributed by atoms with Crippen LogP contribution < -0.4 is 0 Å². The number of aryl methyl sites for hydroxylation is 1. The van der Waals surface area contributed by atoms with E-state index >= 15 is 0 Å². The summed E-state index contributed by atoms with van der Waals surface area (Å²) < 4.78 is 1.16. The number of rotatable bonds is 3. The first kappa shape index (κ1) is 12.8. The molecular formula is C14H16OS2. The number of ketones is 1. The standard InChI is InChI=1S/C14H16OS2/c1-3-16-14-9-12(15)8-13(17-14)11-6-4-10(2)5-7-11/h4-7,9,13H,3,8H2,1-2H3. The highest BCUT2D eigenvalue weighted by Crippen LogP contribution is 2.45. The lowest BCUT2D eigenvalue weighted by Crippen LogP contribution is -2.07.